The molecule has 3 aromatic carbocycles. The number of anilines is 2. The van der Waals surface area contributed by atoms with Gasteiger partial charge in [-0.25, -0.2) is 4.57 Å². The van der Waals surface area contributed by atoms with Gasteiger partial charge in [0.2, 0.25) is 0 Å². The summed E-state index contributed by atoms with van der Waals surface area (Å²) < 4.78 is 28.5. The van der Waals surface area contributed by atoms with Crippen LogP contribution in [0.25, 0.3) is 0 Å². The molecule has 1 saturated heterocycles. The Labute approximate surface area is 287 Å². The first-order chi connectivity index (χ1) is 22.0. The van der Waals surface area contributed by atoms with Crippen LogP contribution in [0.5, 0.6) is 11.5 Å². The van der Waals surface area contributed by atoms with Crippen LogP contribution in [-0.2, 0) is 20.9 Å². The highest BCUT2D eigenvalue weighted by Gasteiger charge is 2.65. The fraction of sp³-hybridized carbons (Fsp3) is 0.429. The molecule has 3 heterocycles. The fourth-order valence-corrected chi connectivity index (χ4v) is 9.62. The van der Waals surface area contributed by atoms with Gasteiger partial charge in [0.25, 0.3) is 0 Å². The van der Waals surface area contributed by atoms with Crippen LogP contribution in [0.3, 0.4) is 0 Å². The minimum Gasteiger partial charge on any atom is -0.493 e. The zero-order chi connectivity index (χ0) is 32.4. The Kier molecular flexibility index (Phi) is 9.54. The third-order valence-corrected chi connectivity index (χ3v) is 12.1. The van der Waals surface area contributed by atoms with Crippen molar-refractivity contribution in [1.82, 2.24) is 9.80 Å². The van der Waals surface area contributed by atoms with Gasteiger partial charge in [-0.3, -0.25) is 4.52 Å². The molecule has 12 heteroatoms. The van der Waals surface area contributed by atoms with Crippen molar-refractivity contribution in [2.24, 2.45) is 5.92 Å². The van der Waals surface area contributed by atoms with E-state index in [-0.39, 0.29) is 23.7 Å². The first-order valence-corrected chi connectivity index (χ1v) is 18.2. The van der Waals surface area contributed by atoms with E-state index < -0.39 is 20.0 Å². The molecule has 6 atom stereocenters. The highest BCUT2D eigenvalue weighted by atomic mass is 35.5. The summed E-state index contributed by atoms with van der Waals surface area (Å²) in [6.07, 6.45) is 4.37. The third-order valence-electron chi connectivity index (χ3n) is 10.5. The van der Waals surface area contributed by atoms with Crippen molar-refractivity contribution in [2.45, 2.75) is 59.3 Å². The smallest absolute Gasteiger partial charge is 0.470 e. The molecular formula is C35H43ClN3O6PS. The number of hydrogen-bond acceptors (Lipinski definition) is 8. The first-order valence-electron chi connectivity index (χ1n) is 15.8. The topological polar surface area (TPSA) is 94.9 Å². The van der Waals surface area contributed by atoms with Gasteiger partial charge >= 0.3 is 7.82 Å². The van der Waals surface area contributed by atoms with Gasteiger partial charge in [-0.15, -0.1) is 12.4 Å². The van der Waals surface area contributed by atoms with Crippen molar-refractivity contribution in [1.29, 1.82) is 0 Å². The summed E-state index contributed by atoms with van der Waals surface area (Å²) in [5.74, 6) is 1.60. The SMILES string of the molecule is CC(CN1c2ccccc2Sc2ccccc21)N(C)C.COc1ccc2c3c1O[C@H]1[C@@H](OP(=O)(O)O)C=C[C@H]4[C@@H](C2)N(C)CC[C@@]341.Cl. The molecule has 0 radical (unpaired) electrons. The van der Waals surface area contributed by atoms with Gasteiger partial charge in [0.05, 0.1) is 18.5 Å². The maximum Gasteiger partial charge on any atom is 0.470 e. The van der Waals surface area contributed by atoms with E-state index in [2.05, 4.69) is 103 Å². The maximum absolute atomic E-state index is 11.5. The summed E-state index contributed by atoms with van der Waals surface area (Å²) >= 11 is 1.87. The van der Waals surface area contributed by atoms with E-state index >= 15 is 0 Å². The number of nitrogens with zero attached hydrogens (tertiary/aromatic N) is 3. The molecule has 0 saturated carbocycles. The molecule has 2 bridgehead atoms. The normalized spacial score (nSPS) is 26.9. The van der Waals surface area contributed by atoms with Crippen molar-refractivity contribution in [2.75, 3.05) is 46.2 Å². The molecule has 3 aliphatic heterocycles. The Morgan fingerprint density at radius 3 is 2.34 bits per heavy atom. The Morgan fingerprint density at radius 2 is 1.72 bits per heavy atom. The van der Waals surface area contributed by atoms with Crippen LogP contribution in [-0.4, -0.2) is 85.2 Å². The Bertz CT molecular complexity index is 1670. The summed E-state index contributed by atoms with van der Waals surface area (Å²) in [6, 6.07) is 22.2. The molecule has 1 spiro atoms. The first kappa shape index (κ1) is 34.3. The van der Waals surface area contributed by atoms with Gasteiger partial charge < -0.3 is 34.0 Å². The maximum atomic E-state index is 11.5. The summed E-state index contributed by atoms with van der Waals surface area (Å²) in [4.78, 5) is 28.5. The number of hydrogen-bond donors (Lipinski definition) is 2. The Balaban J connectivity index is 0.000000167. The van der Waals surface area contributed by atoms with Crippen molar-refractivity contribution < 1.29 is 28.3 Å². The molecule has 9 nitrogen and oxygen atoms in total. The number of likely N-dealkylation sites (tertiary alicyclic amines) is 1. The number of para-hydroxylation sites is 2. The molecule has 5 aliphatic rings. The summed E-state index contributed by atoms with van der Waals surface area (Å²) in [7, 11) is 3.40. The van der Waals surface area contributed by atoms with E-state index in [4.69, 9.17) is 14.0 Å². The van der Waals surface area contributed by atoms with Gasteiger partial charge in [0.1, 0.15) is 12.2 Å². The van der Waals surface area contributed by atoms with E-state index in [9.17, 15) is 14.4 Å². The van der Waals surface area contributed by atoms with Gasteiger partial charge in [0.15, 0.2) is 11.5 Å². The Morgan fingerprint density at radius 1 is 1.06 bits per heavy atom. The van der Waals surface area contributed by atoms with Crippen molar-refractivity contribution in [3.05, 3.63) is 83.9 Å². The Hall–Kier alpha value is -2.53. The number of fused-ring (bicyclic) bond motifs is 2. The number of methoxy groups -OCH3 is 1. The summed E-state index contributed by atoms with van der Waals surface area (Å²) in [6.45, 7) is 4.18. The second-order valence-corrected chi connectivity index (χ2v) is 15.4. The van der Waals surface area contributed by atoms with Crippen LogP contribution in [0.4, 0.5) is 11.4 Å². The van der Waals surface area contributed by atoms with Crippen LogP contribution in [0, 0.1) is 5.92 Å². The number of rotatable bonds is 6. The van der Waals surface area contributed by atoms with E-state index in [0.717, 1.165) is 31.5 Å². The van der Waals surface area contributed by atoms with Gasteiger partial charge in [-0.05, 0) is 83.3 Å². The molecule has 47 heavy (non-hydrogen) atoms. The van der Waals surface area contributed by atoms with Gasteiger partial charge in [0, 0.05) is 45.3 Å². The third kappa shape index (κ3) is 5.91. The largest absolute Gasteiger partial charge is 0.493 e. The van der Waals surface area contributed by atoms with Crippen molar-refractivity contribution in [3.63, 3.8) is 0 Å². The van der Waals surface area contributed by atoms with Crippen LogP contribution in [0.15, 0.2) is 82.6 Å². The predicted molar refractivity (Wildman–Crippen MR) is 188 cm³/mol. The van der Waals surface area contributed by atoms with Gasteiger partial charge in [-0.2, -0.15) is 0 Å². The van der Waals surface area contributed by atoms with Crippen molar-refractivity contribution in [3.8, 4) is 11.5 Å². The molecule has 0 amide bonds. The molecule has 0 aromatic heterocycles. The second-order valence-electron chi connectivity index (χ2n) is 13.1. The lowest BCUT2D eigenvalue weighted by atomic mass is 9.53. The van der Waals surface area contributed by atoms with E-state index in [1.807, 2.05) is 17.8 Å². The van der Waals surface area contributed by atoms with Crippen molar-refractivity contribution >= 4 is 43.4 Å². The number of benzene rings is 3. The van der Waals surface area contributed by atoms with Crippen LogP contribution in [0.1, 0.15) is 24.5 Å². The van der Waals surface area contributed by atoms with E-state index in [1.165, 1.54) is 26.7 Å². The number of phosphoric ester groups is 1. The highest BCUT2D eigenvalue weighted by Crippen LogP contribution is 2.63. The average Bonchev–Trinajstić information content (AvgIpc) is 3.38. The fourth-order valence-electron chi connectivity index (χ4n) is 8.02. The number of likely N-dealkylation sites (N-methyl/N-ethyl adjacent to an activating group) is 2. The quantitative estimate of drug-likeness (QED) is 0.226. The van der Waals surface area contributed by atoms with Crippen LogP contribution in [0.2, 0.25) is 0 Å². The van der Waals surface area contributed by atoms with Crippen LogP contribution < -0.4 is 14.4 Å². The standard InChI is InChI=1S/C18H22NO6P.C17H20N2S.ClH/c1-19-8-7-18-11-4-6-14(25-26(20,21)22)17(18)24-16-13(23-2)5-3-10(15(16)18)9-12(11)19;1-13(18(2)3)12-19-14-8-4-6-10-16(14)20-17-11-7-5-9-15(17)19;/h3-6,11-12,14,17H,7-9H2,1-2H3,(H2,20,21,22);4-11,13H,12H2,1-3H3;1H/t11-,12+,14-,17-,18-;;/m0../s1. The summed E-state index contributed by atoms with van der Waals surface area (Å²) in [5.41, 5.74) is 4.71. The molecule has 252 valence electrons. The van der Waals surface area contributed by atoms with Gasteiger partial charge in [-0.1, -0.05) is 54.2 Å². The van der Waals surface area contributed by atoms with E-state index in [0.29, 0.717) is 23.6 Å². The molecule has 3 aromatic rings. The minimum atomic E-state index is -4.63. The monoisotopic (exact) mass is 699 g/mol. The lowest BCUT2D eigenvalue weighted by Crippen LogP contribution is -2.65. The molecule has 2 aliphatic carbocycles. The zero-order valence-electron chi connectivity index (χ0n) is 27.3. The number of halogens is 1. The number of piperidine rings is 1. The highest BCUT2D eigenvalue weighted by molar-refractivity contribution is 7.99. The summed E-state index contributed by atoms with van der Waals surface area (Å²) in [5, 5.41) is 0. The lowest BCUT2D eigenvalue weighted by molar-refractivity contribution is -0.0440. The number of phosphoric acid groups is 1. The van der Waals surface area contributed by atoms with Crippen LogP contribution >= 0.6 is 32.0 Å². The second kappa shape index (κ2) is 13.1. The number of ether oxygens (including phenoxy) is 2. The molecule has 2 N–H and O–H groups in total. The molecule has 1 unspecified atom stereocenters. The average molecular weight is 700 g/mol. The lowest BCUT2D eigenvalue weighted by Gasteiger charge is -2.56. The molecular weight excluding hydrogens is 657 g/mol. The minimum absolute atomic E-state index is 0. The van der Waals surface area contributed by atoms with E-state index in [1.54, 1.807) is 13.2 Å². The molecule has 8 rings (SSSR count). The zero-order valence-corrected chi connectivity index (χ0v) is 29.8. The predicted octanol–water partition coefficient (Wildman–Crippen LogP) is 6.28. The molecule has 1 fully saturated rings.